The zero-order valence-electron chi connectivity index (χ0n) is 12.4. The molecule has 0 saturated heterocycles. The van der Waals surface area contributed by atoms with Crippen LogP contribution in [-0.4, -0.2) is 9.55 Å². The summed E-state index contributed by atoms with van der Waals surface area (Å²) < 4.78 is 28.3. The van der Waals surface area contributed by atoms with Crippen molar-refractivity contribution in [2.75, 3.05) is 0 Å². The zero-order chi connectivity index (χ0) is 16.8. The molecule has 0 saturated carbocycles. The fourth-order valence-corrected chi connectivity index (χ4v) is 3.15. The number of benzene rings is 2. The van der Waals surface area contributed by atoms with E-state index in [0.717, 1.165) is 11.6 Å². The lowest BCUT2D eigenvalue weighted by Crippen LogP contribution is -2.20. The van der Waals surface area contributed by atoms with E-state index in [1.807, 2.05) is 0 Å². The molecule has 120 valence electrons. The van der Waals surface area contributed by atoms with Crippen LogP contribution in [0.2, 0.25) is 5.02 Å². The average Bonchev–Trinajstić information content (AvgIpc) is 2.89. The standard InChI is InChI=1S/C18H11ClF2N2O/c19-12-1-2-15-16(8-12)22-17-11(3-4-23(17)18(15)24)5-10-6-13(20)9-14(21)7-10/h1-2,5-9H,3-4H2. The molecular formula is C18H11ClF2N2O. The molecule has 0 N–H and O–H groups in total. The van der Waals surface area contributed by atoms with Gasteiger partial charge in [0.15, 0.2) is 0 Å². The molecule has 4 rings (SSSR count). The molecular weight excluding hydrogens is 334 g/mol. The third-order valence-electron chi connectivity index (χ3n) is 4.04. The molecule has 0 atom stereocenters. The molecule has 0 radical (unpaired) electrons. The van der Waals surface area contributed by atoms with Crippen molar-refractivity contribution in [3.05, 3.63) is 74.8 Å². The van der Waals surface area contributed by atoms with Gasteiger partial charge in [-0.15, -0.1) is 0 Å². The van der Waals surface area contributed by atoms with E-state index in [-0.39, 0.29) is 5.56 Å². The van der Waals surface area contributed by atoms with Crippen LogP contribution in [-0.2, 0) is 6.54 Å². The molecule has 2 heterocycles. The maximum absolute atomic E-state index is 13.4. The second kappa shape index (κ2) is 5.53. The van der Waals surface area contributed by atoms with Gasteiger partial charge in [-0.1, -0.05) is 11.6 Å². The minimum atomic E-state index is -0.643. The van der Waals surface area contributed by atoms with Gasteiger partial charge in [-0.05, 0) is 54.0 Å². The van der Waals surface area contributed by atoms with E-state index in [2.05, 4.69) is 4.98 Å². The normalized spacial score (nSPS) is 15.2. The van der Waals surface area contributed by atoms with Crippen molar-refractivity contribution in [1.82, 2.24) is 9.55 Å². The van der Waals surface area contributed by atoms with Crippen LogP contribution in [0.15, 0.2) is 41.2 Å². The van der Waals surface area contributed by atoms with E-state index < -0.39 is 11.6 Å². The fraction of sp³-hybridized carbons (Fsp3) is 0.111. The van der Waals surface area contributed by atoms with Crippen molar-refractivity contribution in [3.8, 4) is 0 Å². The lowest BCUT2D eigenvalue weighted by atomic mass is 10.1. The third kappa shape index (κ3) is 2.51. The summed E-state index contributed by atoms with van der Waals surface area (Å²) in [5, 5.41) is 0.997. The highest BCUT2D eigenvalue weighted by molar-refractivity contribution is 6.31. The first-order valence-corrected chi connectivity index (χ1v) is 7.76. The van der Waals surface area contributed by atoms with Gasteiger partial charge in [-0.2, -0.15) is 0 Å². The second-order valence-corrected chi connectivity index (χ2v) is 6.11. The van der Waals surface area contributed by atoms with Crippen LogP contribution < -0.4 is 5.56 Å². The number of aromatic nitrogens is 2. The highest BCUT2D eigenvalue weighted by Gasteiger charge is 2.21. The molecule has 1 aromatic heterocycles. The van der Waals surface area contributed by atoms with E-state index in [9.17, 15) is 13.6 Å². The molecule has 0 bridgehead atoms. The Hall–Kier alpha value is -2.53. The van der Waals surface area contributed by atoms with Gasteiger partial charge in [0.2, 0.25) is 0 Å². The molecule has 0 amide bonds. The summed E-state index contributed by atoms with van der Waals surface area (Å²) in [6.45, 7) is 0.489. The lowest BCUT2D eigenvalue weighted by molar-refractivity contribution is 0.583. The third-order valence-corrected chi connectivity index (χ3v) is 4.27. The highest BCUT2D eigenvalue weighted by Crippen LogP contribution is 2.28. The number of nitrogens with zero attached hydrogens (tertiary/aromatic N) is 2. The van der Waals surface area contributed by atoms with Gasteiger partial charge in [-0.3, -0.25) is 9.36 Å². The molecule has 0 unspecified atom stereocenters. The summed E-state index contributed by atoms with van der Waals surface area (Å²) in [6, 6.07) is 8.26. The molecule has 24 heavy (non-hydrogen) atoms. The zero-order valence-corrected chi connectivity index (χ0v) is 13.1. The Morgan fingerprint density at radius 1 is 1.12 bits per heavy atom. The molecule has 3 nitrogen and oxygen atoms in total. The molecule has 6 heteroatoms. The molecule has 1 aliphatic heterocycles. The molecule has 1 aliphatic rings. The summed E-state index contributed by atoms with van der Waals surface area (Å²) in [5.41, 5.74) is 1.54. The van der Waals surface area contributed by atoms with Gasteiger partial charge in [0.1, 0.15) is 17.5 Å². The molecule has 2 aromatic carbocycles. The number of hydrogen-bond acceptors (Lipinski definition) is 2. The Kier molecular flexibility index (Phi) is 3.46. The monoisotopic (exact) mass is 344 g/mol. The predicted molar refractivity (Wildman–Crippen MR) is 89.9 cm³/mol. The van der Waals surface area contributed by atoms with Crippen molar-refractivity contribution in [1.29, 1.82) is 0 Å². The Bertz CT molecular complexity index is 1050. The maximum Gasteiger partial charge on any atom is 0.261 e. The smallest absolute Gasteiger partial charge is 0.261 e. The summed E-state index contributed by atoms with van der Waals surface area (Å²) >= 11 is 5.98. The predicted octanol–water partition coefficient (Wildman–Crippen LogP) is 4.27. The Morgan fingerprint density at radius 3 is 2.62 bits per heavy atom. The van der Waals surface area contributed by atoms with Crippen molar-refractivity contribution >= 4 is 34.2 Å². The van der Waals surface area contributed by atoms with Crippen LogP contribution in [0.3, 0.4) is 0 Å². The van der Waals surface area contributed by atoms with Crippen LogP contribution >= 0.6 is 11.6 Å². The quantitative estimate of drug-likeness (QED) is 0.660. The number of halogens is 3. The van der Waals surface area contributed by atoms with Gasteiger partial charge in [0.25, 0.3) is 5.56 Å². The number of fused-ring (bicyclic) bond motifs is 2. The van der Waals surface area contributed by atoms with E-state index in [4.69, 9.17) is 11.6 Å². The fourth-order valence-electron chi connectivity index (χ4n) is 2.99. The summed E-state index contributed by atoms with van der Waals surface area (Å²) in [6.07, 6.45) is 2.23. The second-order valence-electron chi connectivity index (χ2n) is 5.68. The van der Waals surface area contributed by atoms with Crippen LogP contribution in [0, 0.1) is 11.6 Å². The topological polar surface area (TPSA) is 34.9 Å². The lowest BCUT2D eigenvalue weighted by Gasteiger charge is -2.06. The minimum absolute atomic E-state index is 0.138. The van der Waals surface area contributed by atoms with Crippen molar-refractivity contribution in [2.24, 2.45) is 0 Å². The summed E-state index contributed by atoms with van der Waals surface area (Å²) in [4.78, 5) is 17.1. The van der Waals surface area contributed by atoms with E-state index >= 15 is 0 Å². The van der Waals surface area contributed by atoms with E-state index in [0.29, 0.717) is 40.3 Å². The minimum Gasteiger partial charge on any atom is -0.292 e. The van der Waals surface area contributed by atoms with Crippen LogP contribution in [0.4, 0.5) is 8.78 Å². The van der Waals surface area contributed by atoms with Crippen molar-refractivity contribution in [3.63, 3.8) is 0 Å². The van der Waals surface area contributed by atoms with Crippen LogP contribution in [0.5, 0.6) is 0 Å². The Balaban J connectivity index is 1.91. The number of allylic oxidation sites excluding steroid dienone is 1. The van der Waals surface area contributed by atoms with Crippen LogP contribution in [0.25, 0.3) is 22.6 Å². The number of rotatable bonds is 1. The summed E-state index contributed by atoms with van der Waals surface area (Å²) in [5.74, 6) is -0.773. The van der Waals surface area contributed by atoms with Crippen molar-refractivity contribution in [2.45, 2.75) is 13.0 Å². The largest absolute Gasteiger partial charge is 0.292 e. The molecule has 0 spiro atoms. The first-order chi connectivity index (χ1) is 11.5. The average molecular weight is 345 g/mol. The van der Waals surface area contributed by atoms with Crippen molar-refractivity contribution < 1.29 is 8.78 Å². The Labute approximate surface area is 140 Å². The SMILES string of the molecule is O=c1c2ccc(Cl)cc2nc2n1CCC2=Cc1cc(F)cc(F)c1. The molecule has 0 fully saturated rings. The van der Waals surface area contributed by atoms with Gasteiger partial charge < -0.3 is 0 Å². The molecule has 0 aliphatic carbocycles. The van der Waals surface area contributed by atoms with Gasteiger partial charge >= 0.3 is 0 Å². The first-order valence-electron chi connectivity index (χ1n) is 7.38. The number of hydrogen-bond donors (Lipinski definition) is 0. The van der Waals surface area contributed by atoms with E-state index in [1.54, 1.807) is 28.8 Å². The maximum atomic E-state index is 13.4. The highest BCUT2D eigenvalue weighted by atomic mass is 35.5. The Morgan fingerprint density at radius 2 is 1.88 bits per heavy atom. The van der Waals surface area contributed by atoms with Gasteiger partial charge in [0, 0.05) is 17.6 Å². The first kappa shape index (κ1) is 15.0. The van der Waals surface area contributed by atoms with Gasteiger partial charge in [-0.25, -0.2) is 13.8 Å². The van der Waals surface area contributed by atoms with Gasteiger partial charge in [0.05, 0.1) is 10.9 Å². The van der Waals surface area contributed by atoms with E-state index in [1.165, 1.54) is 12.1 Å². The molecule has 3 aromatic rings. The summed E-state index contributed by atoms with van der Waals surface area (Å²) in [7, 11) is 0. The van der Waals surface area contributed by atoms with Crippen LogP contribution in [0.1, 0.15) is 17.8 Å².